The number of nitrogens with two attached hydrogens (primary N) is 1. The second kappa shape index (κ2) is 3.64. The molecular formula is C10H13N5O2. The van der Waals surface area contributed by atoms with Crippen molar-refractivity contribution in [3.8, 4) is 0 Å². The van der Waals surface area contributed by atoms with E-state index in [1.807, 2.05) is 4.57 Å². The van der Waals surface area contributed by atoms with Gasteiger partial charge in [0.1, 0.15) is 11.8 Å². The van der Waals surface area contributed by atoms with E-state index < -0.39 is 6.10 Å². The molecule has 3 rings (SSSR count). The summed E-state index contributed by atoms with van der Waals surface area (Å²) in [5.74, 6) is 0.419. The van der Waals surface area contributed by atoms with Gasteiger partial charge in [-0.15, -0.1) is 0 Å². The largest absolute Gasteiger partial charge is 0.394 e. The highest BCUT2D eigenvalue weighted by Crippen LogP contribution is 2.46. The van der Waals surface area contributed by atoms with Crippen molar-refractivity contribution >= 4 is 17.0 Å². The minimum Gasteiger partial charge on any atom is -0.394 e. The van der Waals surface area contributed by atoms with Gasteiger partial charge in [0.25, 0.3) is 0 Å². The van der Waals surface area contributed by atoms with Gasteiger partial charge in [-0.2, -0.15) is 0 Å². The van der Waals surface area contributed by atoms with E-state index in [9.17, 15) is 5.11 Å². The maximum Gasteiger partial charge on any atom is 0.165 e. The third kappa shape index (κ3) is 1.55. The lowest BCUT2D eigenvalue weighted by molar-refractivity contribution is 0.0742. The molecule has 90 valence electrons. The predicted molar refractivity (Wildman–Crippen MR) is 60.0 cm³/mol. The Hall–Kier alpha value is -1.73. The van der Waals surface area contributed by atoms with Crippen LogP contribution in [-0.4, -0.2) is 42.4 Å². The van der Waals surface area contributed by atoms with Crippen LogP contribution in [0.1, 0.15) is 12.5 Å². The van der Waals surface area contributed by atoms with Gasteiger partial charge in [-0.25, -0.2) is 15.0 Å². The van der Waals surface area contributed by atoms with Crippen LogP contribution in [0, 0.1) is 5.92 Å². The molecule has 4 N–H and O–H groups in total. The number of nitrogens with zero attached hydrogens (tertiary/aromatic N) is 4. The summed E-state index contributed by atoms with van der Waals surface area (Å²) in [6.07, 6.45) is 3.19. The van der Waals surface area contributed by atoms with E-state index >= 15 is 0 Å². The number of aliphatic hydroxyl groups is 2. The fourth-order valence-corrected chi connectivity index (χ4v) is 2.18. The molecule has 3 unspecified atom stereocenters. The van der Waals surface area contributed by atoms with Gasteiger partial charge in [0.05, 0.1) is 19.0 Å². The second-order valence-corrected chi connectivity index (χ2v) is 4.30. The van der Waals surface area contributed by atoms with E-state index in [1.54, 1.807) is 6.33 Å². The monoisotopic (exact) mass is 235 g/mol. The Morgan fingerprint density at radius 2 is 2.29 bits per heavy atom. The van der Waals surface area contributed by atoms with Gasteiger partial charge in [-0.3, -0.25) is 0 Å². The fourth-order valence-electron chi connectivity index (χ4n) is 2.18. The van der Waals surface area contributed by atoms with Crippen LogP contribution in [0.25, 0.3) is 11.2 Å². The Kier molecular flexibility index (Phi) is 2.23. The zero-order valence-corrected chi connectivity index (χ0v) is 9.06. The molecule has 0 radical (unpaired) electrons. The predicted octanol–water partition coefficient (Wildman–Crippen LogP) is -0.677. The molecule has 7 heteroatoms. The van der Waals surface area contributed by atoms with Gasteiger partial charge in [0.2, 0.25) is 0 Å². The molecule has 2 heterocycles. The molecule has 17 heavy (non-hydrogen) atoms. The van der Waals surface area contributed by atoms with Crippen LogP contribution in [0.5, 0.6) is 0 Å². The number of aliphatic hydroxyl groups excluding tert-OH is 2. The summed E-state index contributed by atoms with van der Waals surface area (Å²) in [7, 11) is 0. The van der Waals surface area contributed by atoms with E-state index in [0.29, 0.717) is 17.0 Å². The molecule has 2 aromatic heterocycles. The average molecular weight is 235 g/mol. The minimum atomic E-state index is -0.684. The number of hydrogen-bond donors (Lipinski definition) is 3. The first kappa shape index (κ1) is 10.4. The normalized spacial score (nSPS) is 25.1. The van der Waals surface area contributed by atoms with Gasteiger partial charge in [-0.1, -0.05) is 0 Å². The highest BCUT2D eigenvalue weighted by atomic mass is 16.3. The summed E-state index contributed by atoms with van der Waals surface area (Å²) < 4.78 is 1.89. The molecule has 1 aliphatic rings. The smallest absolute Gasteiger partial charge is 0.165 e. The number of anilines is 1. The summed E-state index contributed by atoms with van der Waals surface area (Å²) in [5, 5.41) is 18.4. The van der Waals surface area contributed by atoms with Crippen LogP contribution in [0.4, 0.5) is 5.82 Å². The zero-order chi connectivity index (χ0) is 12.0. The summed E-state index contributed by atoms with van der Waals surface area (Å²) in [5.41, 5.74) is 6.95. The number of aromatic nitrogens is 4. The van der Waals surface area contributed by atoms with Crippen LogP contribution in [0.15, 0.2) is 12.7 Å². The van der Waals surface area contributed by atoms with Crippen LogP contribution in [0.3, 0.4) is 0 Å². The Morgan fingerprint density at radius 1 is 1.47 bits per heavy atom. The van der Waals surface area contributed by atoms with Crippen molar-refractivity contribution in [1.29, 1.82) is 0 Å². The van der Waals surface area contributed by atoms with Crippen molar-refractivity contribution < 1.29 is 10.2 Å². The topological polar surface area (TPSA) is 110 Å². The van der Waals surface area contributed by atoms with Gasteiger partial charge in [0.15, 0.2) is 11.5 Å². The van der Waals surface area contributed by atoms with E-state index in [0.717, 1.165) is 6.42 Å². The van der Waals surface area contributed by atoms with Gasteiger partial charge < -0.3 is 20.5 Å². The fraction of sp³-hybridized carbons (Fsp3) is 0.500. The third-order valence-electron chi connectivity index (χ3n) is 3.23. The lowest BCUT2D eigenvalue weighted by atomic mass is 10.2. The third-order valence-corrected chi connectivity index (χ3v) is 3.23. The molecule has 0 bridgehead atoms. The first-order chi connectivity index (χ1) is 8.22. The Balaban J connectivity index is 1.95. The number of rotatable bonds is 3. The van der Waals surface area contributed by atoms with Crippen molar-refractivity contribution in [3.63, 3.8) is 0 Å². The highest BCUT2D eigenvalue weighted by molar-refractivity contribution is 5.81. The molecule has 1 saturated carbocycles. The molecular weight excluding hydrogens is 222 g/mol. The quantitative estimate of drug-likeness (QED) is 0.650. The standard InChI is InChI=1S/C10H13N5O2/c11-9-8-10(13-3-12-9)15(4-14-8)6-1-5(6)7(17)2-16/h3-7,16-17H,1-2H2,(H2,11,12,13). The van der Waals surface area contributed by atoms with E-state index in [1.165, 1.54) is 6.33 Å². The second-order valence-electron chi connectivity index (χ2n) is 4.30. The number of fused-ring (bicyclic) bond motifs is 1. The Labute approximate surface area is 96.9 Å². The molecule has 2 aromatic rings. The van der Waals surface area contributed by atoms with Crippen molar-refractivity contribution in [3.05, 3.63) is 12.7 Å². The summed E-state index contributed by atoms with van der Waals surface area (Å²) in [4.78, 5) is 12.2. The van der Waals surface area contributed by atoms with E-state index in [2.05, 4.69) is 15.0 Å². The molecule has 0 saturated heterocycles. The molecule has 7 nitrogen and oxygen atoms in total. The molecule has 1 fully saturated rings. The summed E-state index contributed by atoms with van der Waals surface area (Å²) in [6, 6.07) is 0.136. The van der Waals surface area contributed by atoms with Gasteiger partial charge in [0, 0.05) is 12.0 Å². The molecule has 0 aliphatic heterocycles. The molecule has 0 amide bonds. The molecule has 1 aliphatic carbocycles. The van der Waals surface area contributed by atoms with Gasteiger partial charge >= 0.3 is 0 Å². The van der Waals surface area contributed by atoms with Crippen molar-refractivity contribution in [1.82, 2.24) is 19.5 Å². The number of hydrogen-bond acceptors (Lipinski definition) is 6. The molecule has 0 spiro atoms. The summed E-state index contributed by atoms with van der Waals surface area (Å²) in [6.45, 7) is -0.217. The zero-order valence-electron chi connectivity index (χ0n) is 9.06. The Bertz CT molecular complexity index is 555. The molecule has 3 atom stereocenters. The summed E-state index contributed by atoms with van der Waals surface area (Å²) >= 11 is 0. The first-order valence-electron chi connectivity index (χ1n) is 5.44. The SMILES string of the molecule is Nc1ncnc2c1ncn2C1CC1C(O)CO. The number of imidazole rings is 1. The number of nitrogen functional groups attached to an aromatic ring is 1. The van der Waals surface area contributed by atoms with E-state index in [4.69, 9.17) is 10.8 Å². The van der Waals surface area contributed by atoms with Crippen molar-refractivity contribution in [2.24, 2.45) is 5.92 Å². The van der Waals surface area contributed by atoms with Crippen LogP contribution in [-0.2, 0) is 0 Å². The van der Waals surface area contributed by atoms with E-state index in [-0.39, 0.29) is 18.6 Å². The lowest BCUT2D eigenvalue weighted by Crippen LogP contribution is -2.16. The van der Waals surface area contributed by atoms with Crippen LogP contribution in [0.2, 0.25) is 0 Å². The highest BCUT2D eigenvalue weighted by Gasteiger charge is 2.44. The lowest BCUT2D eigenvalue weighted by Gasteiger charge is -2.06. The average Bonchev–Trinajstić information content (AvgIpc) is 3.01. The Morgan fingerprint density at radius 3 is 3.06 bits per heavy atom. The minimum absolute atomic E-state index is 0.0635. The van der Waals surface area contributed by atoms with Crippen LogP contribution < -0.4 is 5.73 Å². The first-order valence-corrected chi connectivity index (χ1v) is 5.44. The maximum atomic E-state index is 9.55. The van der Waals surface area contributed by atoms with Crippen LogP contribution >= 0.6 is 0 Å². The van der Waals surface area contributed by atoms with Gasteiger partial charge in [-0.05, 0) is 6.42 Å². The maximum absolute atomic E-state index is 9.55. The van der Waals surface area contributed by atoms with Crippen molar-refractivity contribution in [2.75, 3.05) is 12.3 Å². The molecule has 0 aromatic carbocycles. The van der Waals surface area contributed by atoms with Crippen molar-refractivity contribution in [2.45, 2.75) is 18.6 Å².